The van der Waals surface area contributed by atoms with Gasteiger partial charge in [0.25, 0.3) is 0 Å². The molecule has 2 aromatic rings. The number of hydrogen-bond donors (Lipinski definition) is 0. The summed E-state index contributed by atoms with van der Waals surface area (Å²) in [7, 11) is 0. The van der Waals surface area contributed by atoms with Gasteiger partial charge in [-0.2, -0.15) is 0 Å². The van der Waals surface area contributed by atoms with Crippen molar-refractivity contribution in [3.05, 3.63) is 59.7 Å². The number of rotatable bonds is 2. The van der Waals surface area contributed by atoms with Crippen LogP contribution in [-0.4, -0.2) is 6.10 Å². The van der Waals surface area contributed by atoms with Crippen molar-refractivity contribution in [3.8, 4) is 0 Å². The fourth-order valence-electron chi connectivity index (χ4n) is 2.49. The average Bonchev–Trinajstić information content (AvgIpc) is 2.55. The van der Waals surface area contributed by atoms with Crippen LogP contribution in [0.25, 0.3) is 0 Å². The Morgan fingerprint density at radius 1 is 1.00 bits per heavy atom. The molecule has 19 heavy (non-hydrogen) atoms. The lowest BCUT2D eigenvalue weighted by atomic mass is 10.0. The van der Waals surface area contributed by atoms with Crippen LogP contribution >= 0.6 is 11.8 Å². The first-order chi connectivity index (χ1) is 9.24. The molecule has 0 saturated carbocycles. The van der Waals surface area contributed by atoms with Crippen LogP contribution in [-0.2, 0) is 11.2 Å². The van der Waals surface area contributed by atoms with E-state index < -0.39 is 0 Å². The average molecular weight is 270 g/mol. The Labute approximate surface area is 119 Å². The number of benzene rings is 2. The molecule has 1 aliphatic heterocycles. The molecule has 98 valence electrons. The maximum Gasteiger partial charge on any atom is 0.0880 e. The van der Waals surface area contributed by atoms with Gasteiger partial charge in [-0.15, -0.1) is 0 Å². The van der Waals surface area contributed by atoms with Gasteiger partial charge in [0.1, 0.15) is 0 Å². The van der Waals surface area contributed by atoms with E-state index >= 15 is 0 Å². The molecule has 1 heterocycles. The maximum atomic E-state index is 6.14. The highest BCUT2D eigenvalue weighted by atomic mass is 32.2. The highest BCUT2D eigenvalue weighted by Gasteiger charge is 2.23. The van der Waals surface area contributed by atoms with Crippen molar-refractivity contribution in [3.63, 3.8) is 0 Å². The van der Waals surface area contributed by atoms with Crippen molar-refractivity contribution in [2.75, 3.05) is 0 Å². The first-order valence-corrected chi connectivity index (χ1v) is 7.56. The minimum absolute atomic E-state index is 0.160. The minimum atomic E-state index is 0.160. The minimum Gasteiger partial charge on any atom is -0.370 e. The lowest BCUT2D eigenvalue weighted by molar-refractivity contribution is 0.00541. The normalized spacial score (nSPS) is 17.7. The number of ether oxygens (including phenoxy) is 1. The Kier molecular flexibility index (Phi) is 3.63. The van der Waals surface area contributed by atoms with Crippen molar-refractivity contribution in [1.82, 2.24) is 0 Å². The quantitative estimate of drug-likeness (QED) is 0.770. The van der Waals surface area contributed by atoms with E-state index in [-0.39, 0.29) is 12.2 Å². The zero-order valence-corrected chi connectivity index (χ0v) is 12.1. The molecule has 0 saturated heterocycles. The molecule has 2 heteroatoms. The first-order valence-electron chi connectivity index (χ1n) is 6.74. The summed E-state index contributed by atoms with van der Waals surface area (Å²) in [6.45, 7) is 4.21. The topological polar surface area (TPSA) is 9.23 Å². The van der Waals surface area contributed by atoms with Gasteiger partial charge in [-0.25, -0.2) is 0 Å². The van der Waals surface area contributed by atoms with Crippen molar-refractivity contribution in [2.45, 2.75) is 42.3 Å². The molecule has 2 aromatic carbocycles. The zero-order valence-electron chi connectivity index (χ0n) is 11.3. The van der Waals surface area contributed by atoms with Crippen LogP contribution in [0.5, 0.6) is 0 Å². The predicted octanol–water partition coefficient (Wildman–Crippen LogP) is 4.86. The fraction of sp³-hybridized carbons (Fsp3) is 0.294. The third-order valence-electron chi connectivity index (χ3n) is 3.30. The molecule has 0 fully saturated rings. The Bertz CT molecular complexity index is 577. The second-order valence-corrected chi connectivity index (χ2v) is 6.21. The summed E-state index contributed by atoms with van der Waals surface area (Å²) in [5, 5.41) is 0. The second-order valence-electron chi connectivity index (χ2n) is 5.13. The molecule has 1 nitrogen and oxygen atoms in total. The highest BCUT2D eigenvalue weighted by Crippen LogP contribution is 2.42. The molecule has 3 rings (SSSR count). The van der Waals surface area contributed by atoms with Crippen molar-refractivity contribution in [1.29, 1.82) is 0 Å². The van der Waals surface area contributed by atoms with Gasteiger partial charge < -0.3 is 4.74 Å². The summed E-state index contributed by atoms with van der Waals surface area (Å²) in [6.07, 6.45) is 1.36. The standard InChI is InChI=1S/C17H18OS/c1-12(2)18-15-11-13-7-3-5-9-16(13)19-17-10-6-4-8-14(15)17/h3-10,12,15H,11H2,1-2H3. The third-order valence-corrected chi connectivity index (χ3v) is 4.51. The first kappa shape index (κ1) is 12.8. The molecule has 0 aromatic heterocycles. The Morgan fingerprint density at radius 3 is 2.47 bits per heavy atom. The zero-order chi connectivity index (χ0) is 13.2. The summed E-state index contributed by atoms with van der Waals surface area (Å²) in [6, 6.07) is 17.2. The molecular weight excluding hydrogens is 252 g/mol. The maximum absolute atomic E-state index is 6.14. The fourth-order valence-corrected chi connectivity index (χ4v) is 3.62. The van der Waals surface area contributed by atoms with Gasteiger partial charge in [-0.1, -0.05) is 48.2 Å². The molecule has 1 aliphatic rings. The van der Waals surface area contributed by atoms with Crippen LogP contribution in [0.15, 0.2) is 58.3 Å². The molecule has 0 N–H and O–H groups in total. The predicted molar refractivity (Wildman–Crippen MR) is 79.7 cm³/mol. The molecule has 0 radical (unpaired) electrons. The van der Waals surface area contributed by atoms with Gasteiger partial charge in [-0.3, -0.25) is 0 Å². The summed E-state index contributed by atoms with van der Waals surface area (Å²) in [5.74, 6) is 0. The van der Waals surface area contributed by atoms with E-state index in [1.807, 2.05) is 11.8 Å². The van der Waals surface area contributed by atoms with E-state index in [4.69, 9.17) is 4.74 Å². The van der Waals surface area contributed by atoms with Gasteiger partial charge in [0, 0.05) is 16.2 Å². The summed E-state index contributed by atoms with van der Waals surface area (Å²) >= 11 is 1.85. The van der Waals surface area contributed by atoms with E-state index in [2.05, 4.69) is 62.4 Å². The van der Waals surface area contributed by atoms with Crippen LogP contribution in [0.3, 0.4) is 0 Å². The Morgan fingerprint density at radius 2 is 1.68 bits per heavy atom. The van der Waals surface area contributed by atoms with Gasteiger partial charge in [0.15, 0.2) is 0 Å². The lowest BCUT2D eigenvalue weighted by Gasteiger charge is -2.21. The molecule has 0 bridgehead atoms. The van der Waals surface area contributed by atoms with Gasteiger partial charge in [0.2, 0.25) is 0 Å². The molecule has 0 amide bonds. The molecule has 0 spiro atoms. The monoisotopic (exact) mass is 270 g/mol. The molecule has 1 unspecified atom stereocenters. The second kappa shape index (κ2) is 5.40. The van der Waals surface area contributed by atoms with Crippen molar-refractivity contribution < 1.29 is 4.74 Å². The van der Waals surface area contributed by atoms with Gasteiger partial charge in [-0.05, 0) is 37.1 Å². The molecule has 0 aliphatic carbocycles. The van der Waals surface area contributed by atoms with Crippen LogP contribution in [0.4, 0.5) is 0 Å². The largest absolute Gasteiger partial charge is 0.370 e. The molecule has 1 atom stereocenters. The molecular formula is C17H18OS. The van der Waals surface area contributed by atoms with E-state index in [0.29, 0.717) is 0 Å². The lowest BCUT2D eigenvalue weighted by Crippen LogP contribution is -2.13. The summed E-state index contributed by atoms with van der Waals surface area (Å²) in [5.41, 5.74) is 2.70. The summed E-state index contributed by atoms with van der Waals surface area (Å²) in [4.78, 5) is 2.67. The van der Waals surface area contributed by atoms with Crippen LogP contribution in [0.1, 0.15) is 31.1 Å². The smallest absolute Gasteiger partial charge is 0.0880 e. The Hall–Kier alpha value is -1.25. The summed E-state index contributed by atoms with van der Waals surface area (Å²) < 4.78 is 6.14. The SMILES string of the molecule is CC(C)OC1Cc2ccccc2Sc2ccccc21. The highest BCUT2D eigenvalue weighted by molar-refractivity contribution is 7.99. The van der Waals surface area contributed by atoms with Crippen LogP contribution < -0.4 is 0 Å². The van der Waals surface area contributed by atoms with Crippen LogP contribution in [0.2, 0.25) is 0 Å². The van der Waals surface area contributed by atoms with Crippen molar-refractivity contribution >= 4 is 11.8 Å². The Balaban J connectivity index is 2.06. The third kappa shape index (κ3) is 2.70. The van der Waals surface area contributed by atoms with E-state index in [1.54, 1.807) is 0 Å². The van der Waals surface area contributed by atoms with Gasteiger partial charge >= 0.3 is 0 Å². The van der Waals surface area contributed by atoms with Gasteiger partial charge in [0.05, 0.1) is 12.2 Å². The number of hydrogen-bond acceptors (Lipinski definition) is 2. The number of fused-ring (bicyclic) bond motifs is 2. The van der Waals surface area contributed by atoms with E-state index in [9.17, 15) is 0 Å². The van der Waals surface area contributed by atoms with Crippen LogP contribution in [0, 0.1) is 0 Å². The van der Waals surface area contributed by atoms with Crippen molar-refractivity contribution in [2.24, 2.45) is 0 Å². The van der Waals surface area contributed by atoms with E-state index in [0.717, 1.165) is 6.42 Å². The van der Waals surface area contributed by atoms with E-state index in [1.165, 1.54) is 20.9 Å².